The molecule has 3 N–H and O–H groups in total. The van der Waals surface area contributed by atoms with Gasteiger partial charge in [-0.05, 0) is 33.6 Å². The number of methoxy groups -OCH3 is 1. The summed E-state index contributed by atoms with van der Waals surface area (Å²) < 4.78 is 12.4. The second-order valence-corrected chi connectivity index (χ2v) is 8.52. The van der Waals surface area contributed by atoms with E-state index < -0.39 is 11.7 Å². The number of nitrogens with zero attached hydrogens (tertiary/aromatic N) is 4. The van der Waals surface area contributed by atoms with Crippen molar-refractivity contribution in [2.24, 2.45) is 4.99 Å². The normalized spacial score (nSPS) is 17.8. The molecule has 1 aliphatic rings. The van der Waals surface area contributed by atoms with Gasteiger partial charge in [0.15, 0.2) is 11.8 Å². The number of aliphatic imine (C=N–C) groups is 1. The molecule has 0 radical (unpaired) electrons. The summed E-state index contributed by atoms with van der Waals surface area (Å²) in [7, 11) is 3.38. The monoisotopic (exact) mass is 423 g/mol. The molecular weight excluding hydrogens is 386 g/mol. The number of hydrogen-bond acceptors (Lipinski definition) is 6. The summed E-state index contributed by atoms with van der Waals surface area (Å²) in [4.78, 5) is 20.9. The first-order chi connectivity index (χ1) is 14.2. The molecule has 170 valence electrons. The number of nitrogens with one attached hydrogen (secondary N) is 3. The van der Waals surface area contributed by atoms with Gasteiger partial charge in [-0.2, -0.15) is 5.10 Å². The summed E-state index contributed by atoms with van der Waals surface area (Å²) in [5, 5.41) is 14.2. The van der Waals surface area contributed by atoms with Crippen molar-refractivity contribution < 1.29 is 14.3 Å². The molecule has 2 heterocycles. The number of rotatable bonds is 8. The summed E-state index contributed by atoms with van der Waals surface area (Å²) in [6.07, 6.45) is 3.20. The highest BCUT2D eigenvalue weighted by Gasteiger charge is 2.23. The minimum atomic E-state index is -0.518. The van der Waals surface area contributed by atoms with E-state index in [4.69, 9.17) is 9.47 Å². The van der Waals surface area contributed by atoms with Gasteiger partial charge >= 0.3 is 6.09 Å². The summed E-state index contributed by atoms with van der Waals surface area (Å²) in [6.45, 7) is 9.36. The predicted molar refractivity (Wildman–Crippen MR) is 115 cm³/mol. The van der Waals surface area contributed by atoms with Gasteiger partial charge in [0.1, 0.15) is 18.0 Å². The Morgan fingerprint density at radius 2 is 2.17 bits per heavy atom. The van der Waals surface area contributed by atoms with Crippen molar-refractivity contribution >= 4 is 12.1 Å². The third-order valence-electron chi connectivity index (χ3n) is 4.61. The van der Waals surface area contributed by atoms with Gasteiger partial charge < -0.3 is 25.4 Å². The lowest BCUT2D eigenvalue weighted by Crippen LogP contribution is -2.51. The molecule has 30 heavy (non-hydrogen) atoms. The number of carbonyl (C=O) groups is 1. The van der Waals surface area contributed by atoms with Gasteiger partial charge in [0.2, 0.25) is 0 Å². The molecule has 0 bridgehead atoms. The molecule has 0 aromatic carbocycles. The number of aryl methyl sites for hydroxylation is 1. The van der Waals surface area contributed by atoms with Crippen LogP contribution in [0.1, 0.15) is 58.6 Å². The van der Waals surface area contributed by atoms with E-state index in [1.807, 2.05) is 25.5 Å². The van der Waals surface area contributed by atoms with Crippen LogP contribution in [-0.2, 0) is 29.0 Å². The molecule has 0 spiro atoms. The minimum Gasteiger partial charge on any atom is -0.444 e. The SMILES string of the molecule is CCCC(CNC(=NC)NC1CCc2nc(COC)nn2C1)NC(=O)OC(C)(C)C. The molecule has 2 rings (SSSR count). The molecular formula is C20H37N7O3. The summed E-state index contributed by atoms with van der Waals surface area (Å²) in [5.74, 6) is 2.41. The number of hydrogen-bond donors (Lipinski definition) is 3. The van der Waals surface area contributed by atoms with Crippen LogP contribution < -0.4 is 16.0 Å². The fraction of sp³-hybridized carbons (Fsp3) is 0.800. The molecule has 2 unspecified atom stereocenters. The second-order valence-electron chi connectivity index (χ2n) is 8.52. The predicted octanol–water partition coefficient (Wildman–Crippen LogP) is 1.60. The molecule has 0 aliphatic carbocycles. The van der Waals surface area contributed by atoms with Crippen molar-refractivity contribution in [2.75, 3.05) is 20.7 Å². The van der Waals surface area contributed by atoms with E-state index in [-0.39, 0.29) is 12.1 Å². The van der Waals surface area contributed by atoms with Crippen LogP contribution in [0.3, 0.4) is 0 Å². The number of aromatic nitrogens is 3. The molecule has 2 atom stereocenters. The van der Waals surface area contributed by atoms with Crippen LogP contribution in [0, 0.1) is 0 Å². The van der Waals surface area contributed by atoms with Gasteiger partial charge in [-0.15, -0.1) is 0 Å². The van der Waals surface area contributed by atoms with Crippen molar-refractivity contribution in [3.8, 4) is 0 Å². The maximum Gasteiger partial charge on any atom is 0.407 e. The standard InChI is InChI=1S/C20H37N7O3/c1-7-8-14(24-19(28)30-20(2,3)4)11-22-18(21-5)23-15-9-10-17-25-16(13-29-6)26-27(17)12-15/h14-15H,7-13H2,1-6H3,(H,24,28)(H2,21,22,23). The van der Waals surface area contributed by atoms with Gasteiger partial charge in [0, 0.05) is 39.2 Å². The van der Waals surface area contributed by atoms with Crippen LogP contribution in [-0.4, -0.2) is 65.2 Å². The summed E-state index contributed by atoms with van der Waals surface area (Å²) in [5.41, 5.74) is -0.518. The molecule has 1 amide bonds. The summed E-state index contributed by atoms with van der Waals surface area (Å²) >= 11 is 0. The van der Waals surface area contributed by atoms with E-state index in [1.165, 1.54) is 0 Å². The van der Waals surface area contributed by atoms with Crippen molar-refractivity contribution in [3.05, 3.63) is 11.6 Å². The van der Waals surface area contributed by atoms with Crippen LogP contribution in [0.4, 0.5) is 4.79 Å². The van der Waals surface area contributed by atoms with Crippen molar-refractivity contribution in [3.63, 3.8) is 0 Å². The Bertz CT molecular complexity index is 712. The van der Waals surface area contributed by atoms with Crippen molar-refractivity contribution in [1.82, 2.24) is 30.7 Å². The first kappa shape index (κ1) is 23.9. The molecule has 1 aromatic heterocycles. The Morgan fingerprint density at radius 1 is 1.40 bits per heavy atom. The van der Waals surface area contributed by atoms with Gasteiger partial charge in [0.05, 0.1) is 6.54 Å². The number of fused-ring (bicyclic) bond motifs is 1. The first-order valence-electron chi connectivity index (χ1n) is 10.6. The Morgan fingerprint density at radius 3 is 2.80 bits per heavy atom. The Kier molecular flexibility index (Phi) is 8.88. The molecule has 1 aromatic rings. The third kappa shape index (κ3) is 7.81. The van der Waals surface area contributed by atoms with E-state index >= 15 is 0 Å². The molecule has 10 nitrogen and oxygen atoms in total. The average Bonchev–Trinajstić information content (AvgIpc) is 3.05. The number of ether oxygens (including phenoxy) is 2. The fourth-order valence-corrected chi connectivity index (χ4v) is 3.32. The molecule has 0 saturated heterocycles. The fourth-order valence-electron chi connectivity index (χ4n) is 3.32. The maximum atomic E-state index is 12.1. The molecule has 0 fully saturated rings. The molecule has 1 aliphatic heterocycles. The minimum absolute atomic E-state index is 0.0479. The smallest absolute Gasteiger partial charge is 0.407 e. The van der Waals surface area contributed by atoms with Crippen LogP contribution in [0.25, 0.3) is 0 Å². The van der Waals surface area contributed by atoms with E-state index in [1.54, 1.807) is 14.2 Å². The van der Waals surface area contributed by atoms with Crippen molar-refractivity contribution in [1.29, 1.82) is 0 Å². The lowest BCUT2D eigenvalue weighted by molar-refractivity contribution is 0.0502. The first-order valence-corrected chi connectivity index (χ1v) is 10.6. The second kappa shape index (κ2) is 11.1. The lowest BCUT2D eigenvalue weighted by atomic mass is 10.1. The Balaban J connectivity index is 1.86. The highest BCUT2D eigenvalue weighted by atomic mass is 16.6. The van der Waals surface area contributed by atoms with Gasteiger partial charge in [0.25, 0.3) is 0 Å². The van der Waals surface area contributed by atoms with E-state index in [9.17, 15) is 4.79 Å². The zero-order chi connectivity index (χ0) is 22.1. The number of amides is 1. The van der Waals surface area contributed by atoms with E-state index in [2.05, 4.69) is 37.9 Å². The van der Waals surface area contributed by atoms with Crippen LogP contribution in [0.5, 0.6) is 0 Å². The average molecular weight is 424 g/mol. The zero-order valence-electron chi connectivity index (χ0n) is 19.1. The lowest BCUT2D eigenvalue weighted by Gasteiger charge is -2.27. The largest absolute Gasteiger partial charge is 0.444 e. The van der Waals surface area contributed by atoms with E-state index in [0.717, 1.165) is 38.1 Å². The molecule has 0 saturated carbocycles. The van der Waals surface area contributed by atoms with Crippen LogP contribution in [0.2, 0.25) is 0 Å². The Labute approximate surface area is 179 Å². The van der Waals surface area contributed by atoms with Gasteiger partial charge in [-0.3, -0.25) is 4.99 Å². The van der Waals surface area contributed by atoms with Crippen LogP contribution >= 0.6 is 0 Å². The Hall–Kier alpha value is -2.36. The highest BCUT2D eigenvalue weighted by Crippen LogP contribution is 2.13. The van der Waals surface area contributed by atoms with Gasteiger partial charge in [-0.1, -0.05) is 13.3 Å². The number of guanidine groups is 1. The number of alkyl carbamates (subject to hydrolysis) is 1. The topological polar surface area (TPSA) is 115 Å². The quantitative estimate of drug-likeness (QED) is 0.430. The van der Waals surface area contributed by atoms with Gasteiger partial charge in [-0.25, -0.2) is 14.5 Å². The number of carbonyl (C=O) groups excluding carboxylic acids is 1. The zero-order valence-corrected chi connectivity index (χ0v) is 19.1. The van der Waals surface area contributed by atoms with E-state index in [0.29, 0.717) is 24.9 Å². The highest BCUT2D eigenvalue weighted by molar-refractivity contribution is 5.80. The van der Waals surface area contributed by atoms with Crippen molar-refractivity contribution in [2.45, 2.75) is 84.2 Å². The third-order valence-corrected chi connectivity index (χ3v) is 4.61. The van der Waals surface area contributed by atoms with Crippen LogP contribution in [0.15, 0.2) is 4.99 Å². The maximum absolute atomic E-state index is 12.1. The summed E-state index contributed by atoms with van der Waals surface area (Å²) in [6, 6.07) is 0.150. The molecule has 10 heteroatoms.